The van der Waals surface area contributed by atoms with Gasteiger partial charge in [-0.15, -0.1) is 0 Å². The molecule has 0 atom stereocenters. The minimum atomic E-state index is -1.05. The van der Waals surface area contributed by atoms with Crippen molar-refractivity contribution in [2.75, 3.05) is 0 Å². The second kappa shape index (κ2) is 5.43. The van der Waals surface area contributed by atoms with Crippen molar-refractivity contribution in [3.05, 3.63) is 63.2 Å². The number of hydrogen-bond donors (Lipinski definition) is 0. The first-order valence-electron chi connectivity index (χ1n) is 4.99. The van der Waals surface area contributed by atoms with E-state index < -0.39 is 17.6 Å². The Morgan fingerprint density at radius 2 is 1.67 bits per heavy atom. The third-order valence-corrected chi connectivity index (χ3v) is 2.90. The van der Waals surface area contributed by atoms with Crippen molar-refractivity contribution >= 4 is 28.6 Å². The summed E-state index contributed by atoms with van der Waals surface area (Å²) in [4.78, 5) is 11.7. The van der Waals surface area contributed by atoms with Gasteiger partial charge >= 0.3 is 5.97 Å². The first-order valence-corrected chi connectivity index (χ1v) is 6.07. The number of halogens is 3. The Labute approximate surface area is 116 Å². The zero-order valence-corrected chi connectivity index (χ0v) is 11.1. The summed E-state index contributed by atoms with van der Waals surface area (Å²) in [5.74, 6) is -2.68. The number of ether oxygens (including phenoxy) is 1. The van der Waals surface area contributed by atoms with E-state index in [4.69, 9.17) is 4.74 Å². The predicted octanol–water partition coefficient (Wildman–Crippen LogP) is 3.79. The molecule has 18 heavy (non-hydrogen) atoms. The summed E-state index contributed by atoms with van der Waals surface area (Å²) in [5, 5.41) is 0. The van der Waals surface area contributed by atoms with E-state index in [1.54, 1.807) is 24.3 Å². The maximum absolute atomic E-state index is 12.9. The normalized spacial score (nSPS) is 10.2. The highest BCUT2D eigenvalue weighted by Crippen LogP contribution is 2.17. The third kappa shape index (κ3) is 3.04. The summed E-state index contributed by atoms with van der Waals surface area (Å²) in [7, 11) is 0. The summed E-state index contributed by atoms with van der Waals surface area (Å²) < 4.78 is 31.5. The molecule has 0 aliphatic rings. The van der Waals surface area contributed by atoms with Crippen LogP contribution in [0.5, 0.6) is 5.75 Å². The Morgan fingerprint density at radius 1 is 1.00 bits per heavy atom. The van der Waals surface area contributed by atoms with Gasteiger partial charge in [-0.3, -0.25) is 0 Å². The van der Waals surface area contributed by atoms with Crippen molar-refractivity contribution in [3.63, 3.8) is 0 Å². The molecule has 0 unspecified atom stereocenters. The summed E-state index contributed by atoms with van der Waals surface area (Å²) in [5.41, 5.74) is 0.347. The van der Waals surface area contributed by atoms with Gasteiger partial charge in [0, 0.05) is 9.64 Å². The molecule has 0 saturated carbocycles. The molecule has 0 amide bonds. The number of carbonyl (C=O) groups excluding carboxylic acids is 1. The van der Waals surface area contributed by atoms with Crippen LogP contribution in [0.25, 0.3) is 0 Å². The highest BCUT2D eigenvalue weighted by Gasteiger charge is 2.10. The van der Waals surface area contributed by atoms with E-state index in [2.05, 4.69) is 22.6 Å². The third-order valence-electron chi connectivity index (χ3n) is 2.18. The van der Waals surface area contributed by atoms with Gasteiger partial charge in [0.05, 0.1) is 5.56 Å². The van der Waals surface area contributed by atoms with Crippen LogP contribution in [0, 0.1) is 15.2 Å². The Kier molecular flexibility index (Phi) is 3.90. The quantitative estimate of drug-likeness (QED) is 0.463. The second-order valence-electron chi connectivity index (χ2n) is 3.47. The highest BCUT2D eigenvalue weighted by molar-refractivity contribution is 14.1. The molecule has 0 aromatic heterocycles. The number of esters is 1. The van der Waals surface area contributed by atoms with Crippen LogP contribution >= 0.6 is 22.6 Å². The van der Waals surface area contributed by atoms with E-state index >= 15 is 0 Å². The molecule has 0 bridgehead atoms. The van der Waals surface area contributed by atoms with Gasteiger partial charge in [0.15, 0.2) is 11.6 Å². The molecule has 0 fully saturated rings. The van der Waals surface area contributed by atoms with Gasteiger partial charge < -0.3 is 4.74 Å². The Bertz CT molecular complexity index is 582. The first-order chi connectivity index (χ1) is 8.56. The molecule has 0 N–H and O–H groups in total. The smallest absolute Gasteiger partial charge is 0.343 e. The van der Waals surface area contributed by atoms with Gasteiger partial charge in [0.25, 0.3) is 0 Å². The largest absolute Gasteiger partial charge is 0.423 e. The number of hydrogen-bond acceptors (Lipinski definition) is 2. The molecule has 2 aromatic carbocycles. The summed E-state index contributed by atoms with van der Waals surface area (Å²) >= 11 is 2.11. The van der Waals surface area contributed by atoms with Crippen LogP contribution in [0.3, 0.4) is 0 Å². The van der Waals surface area contributed by atoms with Crippen LogP contribution in [0.15, 0.2) is 42.5 Å². The minimum absolute atomic E-state index is 0.0301. The monoisotopic (exact) mass is 360 g/mol. The standard InChI is InChI=1S/C13H7F2IO2/c14-11-6-5-10(7-12(11)15)18-13(17)8-1-3-9(16)4-2-8/h1-7H. The topological polar surface area (TPSA) is 26.3 Å². The molecule has 0 aliphatic carbocycles. The molecule has 2 aromatic rings. The Balaban J connectivity index is 2.16. The van der Waals surface area contributed by atoms with Gasteiger partial charge in [0.2, 0.25) is 0 Å². The zero-order valence-electron chi connectivity index (χ0n) is 8.99. The van der Waals surface area contributed by atoms with E-state index in [0.29, 0.717) is 5.56 Å². The van der Waals surface area contributed by atoms with Crippen molar-refractivity contribution in [1.82, 2.24) is 0 Å². The number of rotatable bonds is 2. The average molecular weight is 360 g/mol. The van der Waals surface area contributed by atoms with E-state index in [1.165, 1.54) is 6.07 Å². The predicted molar refractivity (Wildman–Crippen MR) is 70.5 cm³/mol. The average Bonchev–Trinajstić information content (AvgIpc) is 2.34. The van der Waals surface area contributed by atoms with Gasteiger partial charge in [-0.05, 0) is 59.0 Å². The fourth-order valence-corrected chi connectivity index (χ4v) is 1.65. The molecular formula is C13H7F2IO2. The van der Waals surface area contributed by atoms with Crippen molar-refractivity contribution in [3.8, 4) is 5.75 Å². The van der Waals surface area contributed by atoms with Crippen LogP contribution in [-0.4, -0.2) is 5.97 Å². The molecule has 2 rings (SSSR count). The van der Waals surface area contributed by atoms with Crippen LogP contribution in [0.2, 0.25) is 0 Å². The lowest BCUT2D eigenvalue weighted by Gasteiger charge is -2.04. The SMILES string of the molecule is O=C(Oc1ccc(F)c(F)c1)c1ccc(I)cc1. The van der Waals surface area contributed by atoms with E-state index in [0.717, 1.165) is 15.7 Å². The maximum Gasteiger partial charge on any atom is 0.343 e. The molecule has 0 heterocycles. The van der Waals surface area contributed by atoms with Gasteiger partial charge in [-0.2, -0.15) is 0 Å². The lowest BCUT2D eigenvalue weighted by Crippen LogP contribution is -2.08. The van der Waals surface area contributed by atoms with E-state index in [9.17, 15) is 13.6 Å². The Morgan fingerprint density at radius 3 is 2.28 bits per heavy atom. The van der Waals surface area contributed by atoms with E-state index in [1.807, 2.05) is 0 Å². The molecule has 0 aliphatic heterocycles. The molecule has 2 nitrogen and oxygen atoms in total. The van der Waals surface area contributed by atoms with Gasteiger partial charge in [-0.1, -0.05) is 0 Å². The van der Waals surface area contributed by atoms with Crippen molar-refractivity contribution in [2.24, 2.45) is 0 Å². The molecule has 92 valence electrons. The van der Waals surface area contributed by atoms with Crippen molar-refractivity contribution < 1.29 is 18.3 Å². The summed E-state index contributed by atoms with van der Waals surface area (Å²) in [6, 6.07) is 9.65. The molecular weight excluding hydrogens is 353 g/mol. The lowest BCUT2D eigenvalue weighted by molar-refractivity contribution is 0.0734. The molecule has 0 radical (unpaired) electrons. The number of benzene rings is 2. The molecule has 5 heteroatoms. The van der Waals surface area contributed by atoms with Crippen molar-refractivity contribution in [1.29, 1.82) is 0 Å². The van der Waals surface area contributed by atoms with Gasteiger partial charge in [-0.25, -0.2) is 13.6 Å². The first kappa shape index (κ1) is 12.9. The maximum atomic E-state index is 12.9. The van der Waals surface area contributed by atoms with E-state index in [-0.39, 0.29) is 5.75 Å². The van der Waals surface area contributed by atoms with Crippen LogP contribution in [0.1, 0.15) is 10.4 Å². The molecule has 0 saturated heterocycles. The number of carbonyl (C=O) groups is 1. The second-order valence-corrected chi connectivity index (χ2v) is 4.72. The Hall–Kier alpha value is -1.50. The van der Waals surface area contributed by atoms with Crippen LogP contribution < -0.4 is 4.74 Å². The fourth-order valence-electron chi connectivity index (χ4n) is 1.29. The summed E-state index contributed by atoms with van der Waals surface area (Å²) in [6.45, 7) is 0. The minimum Gasteiger partial charge on any atom is -0.423 e. The van der Waals surface area contributed by atoms with Crippen molar-refractivity contribution in [2.45, 2.75) is 0 Å². The zero-order chi connectivity index (χ0) is 13.1. The lowest BCUT2D eigenvalue weighted by atomic mass is 10.2. The fraction of sp³-hybridized carbons (Fsp3) is 0. The molecule has 0 spiro atoms. The van der Waals surface area contributed by atoms with Crippen LogP contribution in [-0.2, 0) is 0 Å². The van der Waals surface area contributed by atoms with Gasteiger partial charge in [0.1, 0.15) is 5.75 Å². The summed E-state index contributed by atoms with van der Waals surface area (Å²) in [6.07, 6.45) is 0. The van der Waals surface area contributed by atoms with Crippen LogP contribution in [0.4, 0.5) is 8.78 Å². The highest BCUT2D eigenvalue weighted by atomic mass is 127.